The molecule has 1 heterocycles. The summed E-state index contributed by atoms with van der Waals surface area (Å²) < 4.78 is 5.74. The summed E-state index contributed by atoms with van der Waals surface area (Å²) in [5.41, 5.74) is 2.36. The number of hydrogen-bond donors (Lipinski definition) is 1. The van der Waals surface area contributed by atoms with Crippen molar-refractivity contribution in [2.75, 3.05) is 31.1 Å². The zero-order chi connectivity index (χ0) is 15.1. The van der Waals surface area contributed by atoms with Gasteiger partial charge in [0.15, 0.2) is 0 Å². The predicted octanol–water partition coefficient (Wildman–Crippen LogP) is 3.84. The van der Waals surface area contributed by atoms with Crippen molar-refractivity contribution in [1.29, 1.82) is 0 Å². The standard InChI is InChI=1S/C17H27ClN2O/c1-3-9-19-12-14-7-8-17(16(18)11-14)20(4-2)13-15-6-5-10-21-15/h7-8,11,15,19H,3-6,9-10,12-13H2,1-2H3. The molecule has 1 aromatic carbocycles. The SMILES string of the molecule is CCCNCc1ccc(N(CC)CC2CCCO2)c(Cl)c1. The number of hydrogen-bond acceptors (Lipinski definition) is 3. The van der Waals surface area contributed by atoms with Gasteiger partial charge in [0.05, 0.1) is 16.8 Å². The summed E-state index contributed by atoms with van der Waals surface area (Å²) in [4.78, 5) is 2.32. The molecule has 0 aromatic heterocycles. The van der Waals surface area contributed by atoms with Crippen LogP contribution in [-0.2, 0) is 11.3 Å². The van der Waals surface area contributed by atoms with Crippen molar-refractivity contribution in [2.45, 2.75) is 45.8 Å². The number of ether oxygens (including phenoxy) is 1. The number of nitrogens with one attached hydrogen (secondary N) is 1. The summed E-state index contributed by atoms with van der Waals surface area (Å²) in [6, 6.07) is 6.39. The Morgan fingerprint density at radius 2 is 2.24 bits per heavy atom. The fourth-order valence-electron chi connectivity index (χ4n) is 2.76. The number of halogens is 1. The molecule has 0 bridgehead atoms. The largest absolute Gasteiger partial charge is 0.376 e. The number of rotatable bonds is 8. The summed E-state index contributed by atoms with van der Waals surface area (Å²) in [7, 11) is 0. The van der Waals surface area contributed by atoms with E-state index in [0.29, 0.717) is 6.10 Å². The Kier molecular flexibility index (Phi) is 6.81. The maximum absolute atomic E-state index is 6.49. The van der Waals surface area contributed by atoms with E-state index in [4.69, 9.17) is 16.3 Å². The van der Waals surface area contributed by atoms with Crippen molar-refractivity contribution in [1.82, 2.24) is 5.32 Å². The van der Waals surface area contributed by atoms with Gasteiger partial charge in [0.25, 0.3) is 0 Å². The van der Waals surface area contributed by atoms with Crippen molar-refractivity contribution in [3.63, 3.8) is 0 Å². The Balaban J connectivity index is 1.99. The lowest BCUT2D eigenvalue weighted by molar-refractivity contribution is 0.115. The highest BCUT2D eigenvalue weighted by Gasteiger charge is 2.20. The lowest BCUT2D eigenvalue weighted by Crippen LogP contribution is -2.32. The van der Waals surface area contributed by atoms with Gasteiger partial charge in [-0.2, -0.15) is 0 Å². The molecular weight excluding hydrogens is 284 g/mol. The maximum Gasteiger partial charge on any atom is 0.0750 e. The zero-order valence-corrected chi connectivity index (χ0v) is 14.0. The van der Waals surface area contributed by atoms with Crippen LogP contribution in [0.15, 0.2) is 18.2 Å². The molecule has 21 heavy (non-hydrogen) atoms. The van der Waals surface area contributed by atoms with Gasteiger partial charge in [-0.1, -0.05) is 24.6 Å². The van der Waals surface area contributed by atoms with Crippen LogP contribution in [0.3, 0.4) is 0 Å². The first kappa shape index (κ1) is 16.6. The van der Waals surface area contributed by atoms with E-state index in [1.165, 1.54) is 12.0 Å². The summed E-state index contributed by atoms with van der Waals surface area (Å²) in [6.45, 7) is 9.05. The van der Waals surface area contributed by atoms with Gasteiger partial charge in [0.2, 0.25) is 0 Å². The van der Waals surface area contributed by atoms with E-state index in [2.05, 4.69) is 42.3 Å². The second-order valence-electron chi connectivity index (χ2n) is 5.64. The number of benzene rings is 1. The van der Waals surface area contributed by atoms with Crippen molar-refractivity contribution in [2.24, 2.45) is 0 Å². The van der Waals surface area contributed by atoms with Crippen LogP contribution in [0.1, 0.15) is 38.7 Å². The van der Waals surface area contributed by atoms with Crippen molar-refractivity contribution >= 4 is 17.3 Å². The molecule has 1 aromatic rings. The zero-order valence-electron chi connectivity index (χ0n) is 13.2. The molecule has 0 aliphatic carbocycles. The summed E-state index contributed by atoms with van der Waals surface area (Å²) >= 11 is 6.49. The summed E-state index contributed by atoms with van der Waals surface area (Å²) in [5.74, 6) is 0. The third kappa shape index (κ3) is 4.87. The minimum Gasteiger partial charge on any atom is -0.376 e. The fourth-order valence-corrected chi connectivity index (χ4v) is 3.08. The Hall–Kier alpha value is -0.770. The average Bonchev–Trinajstić information content (AvgIpc) is 2.99. The number of likely N-dealkylation sites (N-methyl/N-ethyl adjacent to an activating group) is 1. The molecule has 1 unspecified atom stereocenters. The van der Waals surface area contributed by atoms with E-state index in [1.54, 1.807) is 0 Å². The minimum atomic E-state index is 0.354. The number of anilines is 1. The smallest absolute Gasteiger partial charge is 0.0750 e. The first-order valence-corrected chi connectivity index (χ1v) is 8.48. The van der Waals surface area contributed by atoms with E-state index in [-0.39, 0.29) is 0 Å². The third-order valence-corrected chi connectivity index (χ3v) is 4.24. The quantitative estimate of drug-likeness (QED) is 0.738. The predicted molar refractivity (Wildman–Crippen MR) is 90.3 cm³/mol. The molecule has 118 valence electrons. The van der Waals surface area contributed by atoms with Crippen LogP contribution < -0.4 is 10.2 Å². The van der Waals surface area contributed by atoms with Crippen LogP contribution in [0.25, 0.3) is 0 Å². The summed E-state index contributed by atoms with van der Waals surface area (Å²) in [5, 5.41) is 4.25. The van der Waals surface area contributed by atoms with Crippen LogP contribution >= 0.6 is 11.6 Å². The molecular formula is C17H27ClN2O. The van der Waals surface area contributed by atoms with Gasteiger partial charge in [-0.15, -0.1) is 0 Å². The van der Waals surface area contributed by atoms with Crippen molar-refractivity contribution < 1.29 is 4.74 Å². The van der Waals surface area contributed by atoms with E-state index < -0.39 is 0 Å². The lowest BCUT2D eigenvalue weighted by Gasteiger charge is -2.27. The Morgan fingerprint density at radius 3 is 2.86 bits per heavy atom. The molecule has 1 aliphatic heterocycles. The molecule has 1 aliphatic rings. The van der Waals surface area contributed by atoms with Gasteiger partial charge in [0, 0.05) is 26.2 Å². The molecule has 1 atom stereocenters. The highest BCUT2D eigenvalue weighted by Crippen LogP contribution is 2.28. The Morgan fingerprint density at radius 1 is 1.38 bits per heavy atom. The monoisotopic (exact) mass is 310 g/mol. The van der Waals surface area contributed by atoms with Crippen LogP contribution in [0.5, 0.6) is 0 Å². The molecule has 0 radical (unpaired) electrons. The lowest BCUT2D eigenvalue weighted by atomic mass is 10.1. The van der Waals surface area contributed by atoms with Gasteiger partial charge in [-0.25, -0.2) is 0 Å². The molecule has 1 saturated heterocycles. The molecule has 2 rings (SSSR count). The van der Waals surface area contributed by atoms with Crippen LogP contribution in [-0.4, -0.2) is 32.3 Å². The normalized spacial score (nSPS) is 18.1. The number of nitrogens with zero attached hydrogens (tertiary/aromatic N) is 1. The molecule has 3 nitrogen and oxygen atoms in total. The van der Waals surface area contributed by atoms with Gasteiger partial charge in [-0.3, -0.25) is 0 Å². The fraction of sp³-hybridized carbons (Fsp3) is 0.647. The van der Waals surface area contributed by atoms with E-state index >= 15 is 0 Å². The first-order chi connectivity index (χ1) is 10.2. The van der Waals surface area contributed by atoms with Crippen LogP contribution in [0.2, 0.25) is 5.02 Å². The maximum atomic E-state index is 6.49. The molecule has 0 saturated carbocycles. The topological polar surface area (TPSA) is 24.5 Å². The molecule has 1 fully saturated rings. The third-order valence-electron chi connectivity index (χ3n) is 3.94. The van der Waals surface area contributed by atoms with Crippen molar-refractivity contribution in [3.05, 3.63) is 28.8 Å². The van der Waals surface area contributed by atoms with Crippen LogP contribution in [0.4, 0.5) is 5.69 Å². The highest BCUT2D eigenvalue weighted by atomic mass is 35.5. The second kappa shape index (κ2) is 8.62. The van der Waals surface area contributed by atoms with Crippen LogP contribution in [0, 0.1) is 0 Å². The molecule has 0 spiro atoms. The van der Waals surface area contributed by atoms with E-state index in [0.717, 1.165) is 56.3 Å². The minimum absolute atomic E-state index is 0.354. The van der Waals surface area contributed by atoms with E-state index in [1.807, 2.05) is 0 Å². The molecule has 4 heteroatoms. The average molecular weight is 311 g/mol. The summed E-state index contributed by atoms with van der Waals surface area (Å²) in [6.07, 6.45) is 3.84. The Bertz CT molecular complexity index is 433. The van der Waals surface area contributed by atoms with E-state index in [9.17, 15) is 0 Å². The van der Waals surface area contributed by atoms with Gasteiger partial charge in [-0.05, 0) is 50.4 Å². The molecule has 0 amide bonds. The Labute approximate surface area is 133 Å². The van der Waals surface area contributed by atoms with Crippen molar-refractivity contribution in [3.8, 4) is 0 Å². The van der Waals surface area contributed by atoms with Gasteiger partial charge in [0.1, 0.15) is 0 Å². The molecule has 1 N–H and O–H groups in total. The highest BCUT2D eigenvalue weighted by molar-refractivity contribution is 6.33. The second-order valence-corrected chi connectivity index (χ2v) is 6.04. The van der Waals surface area contributed by atoms with Gasteiger partial charge >= 0.3 is 0 Å². The van der Waals surface area contributed by atoms with Gasteiger partial charge < -0.3 is 15.0 Å². The first-order valence-electron chi connectivity index (χ1n) is 8.10.